The first-order chi connectivity index (χ1) is 8.45. The van der Waals surface area contributed by atoms with E-state index in [9.17, 15) is 0 Å². The second kappa shape index (κ2) is 3.14. The molecule has 17 heavy (non-hydrogen) atoms. The van der Waals surface area contributed by atoms with E-state index in [1.54, 1.807) is 10.6 Å². The molecular weight excluding hydrogens is 299 g/mol. The molecule has 0 saturated heterocycles. The third-order valence-corrected chi connectivity index (χ3v) is 79.8. The van der Waals surface area contributed by atoms with Gasteiger partial charge in [-0.25, -0.2) is 0 Å². The van der Waals surface area contributed by atoms with Crippen molar-refractivity contribution in [3.05, 3.63) is 60.7 Å². The maximum atomic E-state index is 2.43. The lowest BCUT2D eigenvalue weighted by Gasteiger charge is -2.28. The van der Waals surface area contributed by atoms with Crippen LogP contribution in [-0.2, 0) is 0 Å². The lowest BCUT2D eigenvalue weighted by molar-refractivity contribution is 1.76. The molecule has 0 atom stereocenters. The van der Waals surface area contributed by atoms with Crippen LogP contribution in [0.2, 0.25) is 0 Å². The lowest BCUT2D eigenvalue weighted by Crippen LogP contribution is -2.16. The van der Waals surface area contributed by atoms with Gasteiger partial charge >= 0.3 is 0 Å². The van der Waals surface area contributed by atoms with Crippen LogP contribution >= 0.6 is 32.5 Å². The summed E-state index contributed by atoms with van der Waals surface area (Å²) in [5.41, 5.74) is 0. The number of rotatable bonds is 2. The second-order valence-corrected chi connectivity index (χ2v) is 39.0. The fourth-order valence-electron chi connectivity index (χ4n) is 2.63. The molecule has 0 amide bonds. The highest BCUT2D eigenvalue weighted by atomic mass is 33.4. The van der Waals surface area contributed by atoms with E-state index in [4.69, 9.17) is 0 Å². The van der Waals surface area contributed by atoms with Crippen molar-refractivity contribution in [2.24, 2.45) is 0 Å². The van der Waals surface area contributed by atoms with Crippen molar-refractivity contribution in [2.75, 3.05) is 0 Å². The van der Waals surface area contributed by atoms with Crippen LogP contribution in [0.5, 0.6) is 0 Å². The summed E-state index contributed by atoms with van der Waals surface area (Å²) in [6, 6.07) is 23.0. The summed E-state index contributed by atoms with van der Waals surface area (Å²) in [4.78, 5) is 0. The Morgan fingerprint density at radius 1 is 0.588 bits per heavy atom. The van der Waals surface area contributed by atoms with Crippen LogP contribution in [0, 0.1) is 0 Å². The fourth-order valence-corrected chi connectivity index (χ4v) is 138. The minimum atomic E-state index is -0.744. The molecule has 5 heteroatoms. The molecule has 0 fully saturated rings. The third kappa shape index (κ3) is 1.01. The average Bonchev–Trinajstić information content (AvgIpc) is 3.20. The quantitative estimate of drug-likeness (QED) is 0.349. The number of hydrogen-bond acceptors (Lipinski definition) is 0. The van der Waals surface area contributed by atoms with Crippen molar-refractivity contribution in [3.63, 3.8) is 0 Å². The van der Waals surface area contributed by atoms with Crippen LogP contribution in [-0.4, -0.2) is 0 Å². The van der Waals surface area contributed by atoms with Gasteiger partial charge in [0.05, 0.1) is 12.7 Å². The molecule has 2 aliphatic rings. The third-order valence-electron chi connectivity index (χ3n) is 3.49. The van der Waals surface area contributed by atoms with Gasteiger partial charge in [0.1, 0.15) is 23.8 Å². The average molecular weight is 309 g/mol. The molecule has 2 aliphatic heterocycles. The van der Waals surface area contributed by atoms with Gasteiger partial charge in [-0.05, 0) is 24.3 Å². The van der Waals surface area contributed by atoms with E-state index >= 15 is 0 Å². The topological polar surface area (TPSA) is 0 Å². The Labute approximate surface area is 104 Å². The summed E-state index contributed by atoms with van der Waals surface area (Å²) in [7, 11) is 0. The van der Waals surface area contributed by atoms with Crippen LogP contribution < -0.4 is 10.6 Å². The minimum Gasteiger partial charge on any atom is -0.0620 e. The Morgan fingerprint density at radius 2 is 1.00 bits per heavy atom. The van der Waals surface area contributed by atoms with E-state index in [0.717, 1.165) is 12.7 Å². The first-order valence-corrected chi connectivity index (χ1v) is 17.8. The second-order valence-electron chi connectivity index (χ2n) is 4.35. The van der Waals surface area contributed by atoms with Crippen molar-refractivity contribution in [2.45, 2.75) is 0 Å². The Morgan fingerprint density at radius 3 is 1.35 bits per heavy atom. The SMILES string of the molecule is c1ccc([P+]2(c3ccccc3)p3p4p2p34)cc1. The highest BCUT2D eigenvalue weighted by Crippen LogP contribution is 3.41. The molecule has 2 aromatic carbocycles. The first kappa shape index (κ1) is 9.93. The van der Waals surface area contributed by atoms with Gasteiger partial charge in [0.2, 0.25) is 0 Å². The molecule has 2 aromatic heterocycles. The van der Waals surface area contributed by atoms with Crippen LogP contribution in [0.1, 0.15) is 0 Å². The van der Waals surface area contributed by atoms with E-state index in [0.29, 0.717) is 13.2 Å². The van der Waals surface area contributed by atoms with Crippen molar-refractivity contribution in [1.82, 2.24) is 0 Å². The molecule has 0 radical (unpaired) electrons. The molecule has 2 bridgehead atoms. The van der Waals surface area contributed by atoms with Crippen molar-refractivity contribution in [3.8, 4) is 0 Å². The van der Waals surface area contributed by atoms with Crippen molar-refractivity contribution in [1.29, 1.82) is 0 Å². The minimum absolute atomic E-state index is 0.578. The van der Waals surface area contributed by atoms with Gasteiger partial charge in [0.15, 0.2) is 6.64 Å². The summed E-state index contributed by atoms with van der Waals surface area (Å²) < 4.78 is 0. The molecule has 0 aliphatic carbocycles. The maximum Gasteiger partial charge on any atom is 0.181 e. The van der Waals surface area contributed by atoms with E-state index in [2.05, 4.69) is 60.7 Å². The van der Waals surface area contributed by atoms with Gasteiger partial charge in [-0.2, -0.15) is 0 Å². The van der Waals surface area contributed by atoms with Crippen molar-refractivity contribution < 1.29 is 0 Å². The van der Waals surface area contributed by atoms with Gasteiger partial charge in [-0.3, -0.25) is 0 Å². The van der Waals surface area contributed by atoms with E-state index in [1.807, 2.05) is 0 Å². The van der Waals surface area contributed by atoms with Crippen molar-refractivity contribution >= 4 is 43.1 Å². The Kier molecular flexibility index (Phi) is 1.84. The number of hydrogen-bond donors (Lipinski definition) is 0. The molecule has 0 saturated carbocycles. The van der Waals surface area contributed by atoms with E-state index in [1.165, 1.54) is 0 Å². The zero-order chi connectivity index (χ0) is 11.0. The Hall–Kier alpha value is 0.0700. The summed E-state index contributed by atoms with van der Waals surface area (Å²) >= 11 is 0. The van der Waals surface area contributed by atoms with Gasteiger partial charge < -0.3 is 0 Å². The highest BCUT2D eigenvalue weighted by molar-refractivity contribution is 9.43. The Bertz CT molecular complexity index is 697. The predicted octanol–water partition coefficient (Wildman–Crippen LogP) is 6.03. The predicted molar refractivity (Wildman–Crippen MR) is 86.8 cm³/mol. The molecule has 4 heterocycles. The molecule has 0 spiro atoms. The van der Waals surface area contributed by atoms with Crippen LogP contribution in [0.15, 0.2) is 60.7 Å². The van der Waals surface area contributed by atoms with Crippen LogP contribution in [0.4, 0.5) is 0 Å². The zero-order valence-electron chi connectivity index (χ0n) is 9.01. The zero-order valence-corrected chi connectivity index (χ0v) is 13.5. The van der Waals surface area contributed by atoms with Gasteiger partial charge in [0.25, 0.3) is 0 Å². The highest BCUT2D eigenvalue weighted by Gasteiger charge is 2.77. The van der Waals surface area contributed by atoms with Crippen LogP contribution in [0.3, 0.4) is 0 Å². The lowest BCUT2D eigenvalue weighted by atomic mass is 10.4. The molecule has 0 N–H and O–H groups in total. The molecule has 82 valence electrons. The van der Waals surface area contributed by atoms with Gasteiger partial charge in [0, 0.05) is 0 Å². The largest absolute Gasteiger partial charge is 0.181 e. The van der Waals surface area contributed by atoms with Crippen LogP contribution in [0.25, 0.3) is 0 Å². The molecular formula is C12H10P5+. The summed E-state index contributed by atoms with van der Waals surface area (Å²) in [6.45, 7) is 0.413. The maximum absolute atomic E-state index is 2.43. The Balaban J connectivity index is 1.77. The van der Waals surface area contributed by atoms with E-state index in [-0.39, 0.29) is 0 Å². The normalized spacial score (nSPS) is 20.9. The number of benzene rings is 2. The molecule has 0 unspecified atom stereocenters. The standard InChI is InChI=1S/C12H10P5/c1-3-7-11(8-4-1)17(12-9-5-2-6-10-12)15-13-14(15)16(13)17/h1-10H/q+1. The first-order valence-electron chi connectivity index (χ1n) is 5.67. The summed E-state index contributed by atoms with van der Waals surface area (Å²) in [5.74, 6) is 0. The van der Waals surface area contributed by atoms with Gasteiger partial charge in [-0.15, -0.1) is 0 Å². The monoisotopic (exact) mass is 309 g/mol. The molecule has 6 rings (SSSR count). The smallest absolute Gasteiger partial charge is 0.0620 e. The molecule has 0 nitrogen and oxygen atoms in total. The summed E-state index contributed by atoms with van der Waals surface area (Å²) in [5, 5.41) is 3.50. The van der Waals surface area contributed by atoms with Gasteiger partial charge in [-0.1, -0.05) is 36.4 Å². The van der Waals surface area contributed by atoms with E-state index < -0.39 is 6.64 Å². The summed E-state index contributed by atoms with van der Waals surface area (Å²) in [6.07, 6.45) is 1.48. The molecule has 4 aromatic rings. The fraction of sp³-hybridized carbons (Fsp3) is 0.